The monoisotopic (exact) mass is 415 g/mol. The molecule has 2 aliphatic heterocycles. The van der Waals surface area contributed by atoms with Gasteiger partial charge in [0.1, 0.15) is 25.4 Å². The molecule has 30 heavy (non-hydrogen) atoms. The summed E-state index contributed by atoms with van der Waals surface area (Å²) in [5.74, 6) is 1.34. The summed E-state index contributed by atoms with van der Waals surface area (Å²) in [4.78, 5) is 26.9. The normalized spacial score (nSPS) is 27.4. The van der Waals surface area contributed by atoms with Crippen molar-refractivity contribution in [3.8, 4) is 11.5 Å². The van der Waals surface area contributed by atoms with Crippen molar-refractivity contribution in [2.75, 3.05) is 27.3 Å². The molecule has 1 aromatic rings. The van der Waals surface area contributed by atoms with Gasteiger partial charge in [0.2, 0.25) is 0 Å². The molecule has 162 valence electrons. The number of hydrogen-bond donors (Lipinski definition) is 0. The molecule has 3 aliphatic rings. The number of nitrogens with zero attached hydrogens (tertiary/aromatic N) is 1. The van der Waals surface area contributed by atoms with Gasteiger partial charge in [0, 0.05) is 20.5 Å². The van der Waals surface area contributed by atoms with Gasteiger partial charge in [0.05, 0.1) is 17.8 Å². The van der Waals surface area contributed by atoms with Crippen LogP contribution in [0.1, 0.15) is 38.2 Å². The Hall–Kier alpha value is -2.70. The molecule has 0 saturated heterocycles. The van der Waals surface area contributed by atoms with Crippen LogP contribution in [-0.4, -0.2) is 56.3 Å². The van der Waals surface area contributed by atoms with Crippen molar-refractivity contribution < 1.29 is 28.5 Å². The summed E-state index contributed by atoms with van der Waals surface area (Å²) in [5, 5.41) is 0. The maximum atomic E-state index is 13.4. The number of hydrogen-bond acceptors (Lipinski definition) is 6. The van der Waals surface area contributed by atoms with Gasteiger partial charge >= 0.3 is 6.09 Å². The topological polar surface area (TPSA) is 74.3 Å². The molecule has 7 heteroatoms. The molecule has 1 amide bonds. The second-order valence-electron chi connectivity index (χ2n) is 8.37. The van der Waals surface area contributed by atoms with Crippen molar-refractivity contribution in [3.05, 3.63) is 30.0 Å². The molecule has 4 atom stereocenters. The lowest BCUT2D eigenvalue weighted by atomic mass is 9.71. The van der Waals surface area contributed by atoms with Gasteiger partial charge in [-0.1, -0.05) is 19.4 Å². The van der Waals surface area contributed by atoms with Gasteiger partial charge in [-0.3, -0.25) is 4.79 Å². The summed E-state index contributed by atoms with van der Waals surface area (Å²) in [6, 6.07) is 5.55. The molecule has 1 fully saturated rings. The molecule has 0 aromatic heterocycles. The minimum Gasteiger partial charge on any atom is -0.496 e. The van der Waals surface area contributed by atoms with E-state index >= 15 is 0 Å². The first-order valence-corrected chi connectivity index (χ1v) is 10.7. The molecule has 7 nitrogen and oxygen atoms in total. The Balaban J connectivity index is 1.54. The van der Waals surface area contributed by atoms with Crippen LogP contribution in [0.4, 0.5) is 4.79 Å². The number of carbonyl (C=O) groups is 2. The first-order chi connectivity index (χ1) is 14.5. The van der Waals surface area contributed by atoms with Crippen molar-refractivity contribution in [2.24, 2.45) is 11.8 Å². The second-order valence-corrected chi connectivity index (χ2v) is 8.37. The summed E-state index contributed by atoms with van der Waals surface area (Å²) in [5.41, 5.74) is 1.34. The Morgan fingerprint density at radius 2 is 1.93 bits per heavy atom. The van der Waals surface area contributed by atoms with Gasteiger partial charge in [-0.05, 0) is 36.5 Å². The van der Waals surface area contributed by atoms with Crippen LogP contribution in [0.2, 0.25) is 0 Å². The summed E-state index contributed by atoms with van der Waals surface area (Å²) in [6.07, 6.45) is 3.76. The third-order valence-electron chi connectivity index (χ3n) is 6.09. The average molecular weight is 415 g/mol. The fourth-order valence-electron chi connectivity index (χ4n) is 4.53. The number of ether oxygens (including phenoxy) is 4. The summed E-state index contributed by atoms with van der Waals surface area (Å²) < 4.78 is 23.0. The minimum atomic E-state index is -0.353. The van der Waals surface area contributed by atoms with E-state index in [1.807, 2.05) is 18.2 Å². The van der Waals surface area contributed by atoms with Crippen LogP contribution >= 0.6 is 0 Å². The molecule has 1 saturated carbocycles. The number of ketones is 1. The predicted molar refractivity (Wildman–Crippen MR) is 110 cm³/mol. The van der Waals surface area contributed by atoms with E-state index in [4.69, 9.17) is 18.9 Å². The predicted octanol–water partition coefficient (Wildman–Crippen LogP) is 3.66. The largest absolute Gasteiger partial charge is 0.496 e. The van der Waals surface area contributed by atoms with Crippen molar-refractivity contribution >= 4 is 17.4 Å². The zero-order valence-corrected chi connectivity index (χ0v) is 17.8. The molecule has 4 unspecified atom stereocenters. The van der Waals surface area contributed by atoms with Gasteiger partial charge in [-0.15, -0.1) is 0 Å². The highest BCUT2D eigenvalue weighted by Gasteiger charge is 2.45. The van der Waals surface area contributed by atoms with Gasteiger partial charge in [0.15, 0.2) is 17.3 Å². The summed E-state index contributed by atoms with van der Waals surface area (Å²) in [7, 11) is 3.34. The third kappa shape index (κ3) is 3.98. The Morgan fingerprint density at radius 3 is 2.67 bits per heavy atom. The smallest absolute Gasteiger partial charge is 0.409 e. The number of carbonyl (C=O) groups excluding carboxylic acids is 2. The lowest BCUT2D eigenvalue weighted by Gasteiger charge is -2.42. The van der Waals surface area contributed by atoms with Crippen molar-refractivity contribution in [1.29, 1.82) is 0 Å². The fourth-order valence-corrected chi connectivity index (χ4v) is 4.53. The van der Waals surface area contributed by atoms with Crippen LogP contribution in [-0.2, 0) is 14.3 Å². The maximum absolute atomic E-state index is 13.4. The molecule has 0 radical (unpaired) electrons. The molecular formula is C23H29NO6. The standard InChI is InChI=1S/C23H29NO6/c1-4-5-15-10-16-20(12-19(15)30-23(26)24(2)3)29-13-17(22(16)25)14-6-7-18-21(11-14)28-9-8-27-18/h6-7,11,13,15-16,19-20H,4-5,8-10,12H2,1-3H3. The molecule has 1 aromatic carbocycles. The molecule has 0 spiro atoms. The van der Waals surface area contributed by atoms with Gasteiger partial charge in [-0.25, -0.2) is 4.79 Å². The molecule has 0 bridgehead atoms. The number of allylic oxidation sites excluding steroid dienone is 1. The first kappa shape index (κ1) is 20.6. The highest BCUT2D eigenvalue weighted by molar-refractivity contribution is 6.22. The van der Waals surface area contributed by atoms with E-state index in [2.05, 4.69) is 6.92 Å². The minimum absolute atomic E-state index is 0.0846. The van der Waals surface area contributed by atoms with E-state index in [0.29, 0.717) is 43.1 Å². The Bertz CT molecular complexity index is 848. The number of amides is 1. The van der Waals surface area contributed by atoms with Crippen molar-refractivity contribution in [2.45, 2.75) is 44.8 Å². The maximum Gasteiger partial charge on any atom is 0.409 e. The van der Waals surface area contributed by atoms with Crippen molar-refractivity contribution in [3.63, 3.8) is 0 Å². The third-order valence-corrected chi connectivity index (χ3v) is 6.09. The fraction of sp³-hybridized carbons (Fsp3) is 0.565. The van der Waals surface area contributed by atoms with Gasteiger partial charge in [-0.2, -0.15) is 0 Å². The summed E-state index contributed by atoms with van der Waals surface area (Å²) in [6.45, 7) is 3.13. The zero-order valence-electron chi connectivity index (χ0n) is 17.8. The van der Waals surface area contributed by atoms with Crippen LogP contribution in [0.3, 0.4) is 0 Å². The lowest BCUT2D eigenvalue weighted by molar-refractivity contribution is -0.129. The van der Waals surface area contributed by atoms with E-state index in [0.717, 1.165) is 18.4 Å². The SMILES string of the molecule is CCCC1CC2C(=O)C(c3ccc4c(c3)OCCO4)=COC2CC1OC(=O)N(C)C. The van der Waals surface area contributed by atoms with Crippen LogP contribution in [0.25, 0.3) is 5.57 Å². The van der Waals surface area contributed by atoms with Crippen LogP contribution in [0.5, 0.6) is 11.5 Å². The van der Waals surface area contributed by atoms with E-state index in [9.17, 15) is 9.59 Å². The molecule has 1 aliphatic carbocycles. The Morgan fingerprint density at radius 1 is 1.17 bits per heavy atom. The van der Waals surface area contributed by atoms with E-state index in [-0.39, 0.29) is 35.9 Å². The quantitative estimate of drug-likeness (QED) is 0.747. The van der Waals surface area contributed by atoms with Crippen molar-refractivity contribution in [1.82, 2.24) is 4.90 Å². The van der Waals surface area contributed by atoms with Crippen LogP contribution < -0.4 is 9.47 Å². The van der Waals surface area contributed by atoms with Gasteiger partial charge < -0.3 is 23.8 Å². The lowest BCUT2D eigenvalue weighted by Crippen LogP contribution is -2.47. The molecule has 0 N–H and O–H groups in total. The number of fused-ring (bicyclic) bond motifs is 2. The number of benzene rings is 1. The number of rotatable bonds is 4. The average Bonchev–Trinajstić information content (AvgIpc) is 2.74. The van der Waals surface area contributed by atoms with E-state index < -0.39 is 0 Å². The molecule has 2 heterocycles. The van der Waals surface area contributed by atoms with E-state index in [1.54, 1.807) is 20.4 Å². The zero-order chi connectivity index (χ0) is 21.3. The van der Waals surface area contributed by atoms with Gasteiger partial charge in [0.25, 0.3) is 0 Å². The van der Waals surface area contributed by atoms with Crippen LogP contribution in [0, 0.1) is 11.8 Å². The highest BCUT2D eigenvalue weighted by Crippen LogP contribution is 2.42. The van der Waals surface area contributed by atoms with Crippen LogP contribution in [0.15, 0.2) is 24.5 Å². The molecule has 4 rings (SSSR count). The Kier molecular flexibility index (Phi) is 5.88. The Labute approximate surface area is 176 Å². The first-order valence-electron chi connectivity index (χ1n) is 10.7. The second kappa shape index (κ2) is 8.58. The van der Waals surface area contributed by atoms with E-state index in [1.165, 1.54) is 4.90 Å². The highest BCUT2D eigenvalue weighted by atomic mass is 16.6. The number of Topliss-reactive ketones (excluding diaryl/α,β-unsaturated/α-hetero) is 1. The summed E-state index contributed by atoms with van der Waals surface area (Å²) >= 11 is 0. The molecular weight excluding hydrogens is 386 g/mol.